The van der Waals surface area contributed by atoms with E-state index >= 15 is 0 Å². The Hall–Kier alpha value is -2.82. The largest absolute Gasteiger partial charge is 0.378 e. The number of benzene rings is 2. The fourth-order valence-corrected chi connectivity index (χ4v) is 2.53. The van der Waals surface area contributed by atoms with Crippen molar-refractivity contribution in [2.45, 2.75) is 6.92 Å². The highest BCUT2D eigenvalue weighted by Crippen LogP contribution is 2.29. The summed E-state index contributed by atoms with van der Waals surface area (Å²) < 4.78 is 0. The minimum atomic E-state index is -0.324. The molecule has 0 N–H and O–H groups in total. The highest BCUT2D eigenvalue weighted by atomic mass is 16.6. The highest BCUT2D eigenvalue weighted by molar-refractivity contribution is 5.82. The van der Waals surface area contributed by atoms with Crippen molar-refractivity contribution in [2.75, 3.05) is 38.0 Å². The van der Waals surface area contributed by atoms with Gasteiger partial charge in [-0.15, -0.1) is 0 Å². The Bertz CT molecular complexity index is 692. The lowest BCUT2D eigenvalue weighted by atomic mass is 9.95. The molecule has 0 unspecified atom stereocenters. The summed E-state index contributed by atoms with van der Waals surface area (Å²) in [5.74, 6) is 0. The normalized spacial score (nSPS) is 10.2. The van der Waals surface area contributed by atoms with E-state index in [-0.39, 0.29) is 10.6 Å². The van der Waals surface area contributed by atoms with Crippen LogP contribution in [0.2, 0.25) is 0 Å². The molecule has 0 aromatic heterocycles. The molecule has 0 radical (unpaired) electrons. The first-order valence-corrected chi connectivity index (χ1v) is 7.72. The minimum absolute atomic E-state index is 0.144. The van der Waals surface area contributed by atoms with Crippen molar-refractivity contribution in [3.63, 3.8) is 0 Å². The second-order valence-corrected chi connectivity index (χ2v) is 6.10. The summed E-state index contributed by atoms with van der Waals surface area (Å²) in [5.41, 5.74) is 4.58. The molecule has 0 amide bonds. The monoisotopic (exact) mass is 325 g/mol. The van der Waals surface area contributed by atoms with Gasteiger partial charge in [-0.1, -0.05) is 24.3 Å². The van der Waals surface area contributed by atoms with Gasteiger partial charge in [-0.05, 0) is 35.4 Å². The number of hydrogen-bond donors (Lipinski definition) is 0. The van der Waals surface area contributed by atoms with Crippen LogP contribution in [0, 0.1) is 10.1 Å². The molecule has 0 bridgehead atoms. The zero-order valence-corrected chi connectivity index (χ0v) is 14.8. The Morgan fingerprint density at radius 1 is 0.792 bits per heavy atom. The van der Waals surface area contributed by atoms with Crippen molar-refractivity contribution in [1.82, 2.24) is 0 Å². The van der Waals surface area contributed by atoms with Crippen LogP contribution in [0.15, 0.2) is 54.2 Å². The van der Waals surface area contributed by atoms with Crippen LogP contribution in [0.25, 0.3) is 5.57 Å². The first kappa shape index (κ1) is 17.5. The Morgan fingerprint density at radius 3 is 1.38 bits per heavy atom. The molecule has 2 aromatic carbocycles. The van der Waals surface area contributed by atoms with Gasteiger partial charge in [0.1, 0.15) is 0 Å². The third kappa shape index (κ3) is 3.74. The summed E-state index contributed by atoms with van der Waals surface area (Å²) in [6.45, 7) is 1.55. The van der Waals surface area contributed by atoms with Gasteiger partial charge in [0.2, 0.25) is 0 Å². The van der Waals surface area contributed by atoms with Crippen LogP contribution in [-0.4, -0.2) is 33.1 Å². The molecule has 0 aliphatic carbocycles. The molecule has 0 saturated heterocycles. The van der Waals surface area contributed by atoms with E-state index in [4.69, 9.17) is 0 Å². The van der Waals surface area contributed by atoms with E-state index in [1.54, 1.807) is 6.92 Å². The third-order valence-corrected chi connectivity index (χ3v) is 3.98. The standard InChI is InChI=1S/C19H23N3O2/c1-14(22(23)24)19(15-6-10-17(11-7-15)20(2)3)16-8-12-18(13-9-16)21(4)5/h6-13H,1-5H3. The minimum Gasteiger partial charge on any atom is -0.378 e. The molecule has 0 saturated carbocycles. The topological polar surface area (TPSA) is 49.6 Å². The summed E-state index contributed by atoms with van der Waals surface area (Å²) in [5, 5.41) is 11.4. The predicted octanol–water partition coefficient (Wildman–Crippen LogP) is 3.87. The molecule has 0 heterocycles. The second-order valence-electron chi connectivity index (χ2n) is 6.10. The number of rotatable bonds is 5. The molecule has 0 aliphatic rings. The van der Waals surface area contributed by atoms with Crippen molar-refractivity contribution in [3.05, 3.63) is 75.5 Å². The Kier molecular flexibility index (Phi) is 5.24. The van der Waals surface area contributed by atoms with Gasteiger partial charge in [-0.3, -0.25) is 10.1 Å². The van der Waals surface area contributed by atoms with E-state index in [9.17, 15) is 10.1 Å². The Balaban J connectivity index is 2.54. The predicted molar refractivity (Wildman–Crippen MR) is 100 cm³/mol. The molecule has 2 aromatic rings. The summed E-state index contributed by atoms with van der Waals surface area (Å²) in [4.78, 5) is 15.0. The summed E-state index contributed by atoms with van der Waals surface area (Å²) in [6.07, 6.45) is 0. The van der Waals surface area contributed by atoms with Gasteiger partial charge in [0.15, 0.2) is 0 Å². The van der Waals surface area contributed by atoms with Gasteiger partial charge >= 0.3 is 0 Å². The molecule has 0 spiro atoms. The molecule has 126 valence electrons. The van der Waals surface area contributed by atoms with Gasteiger partial charge < -0.3 is 9.80 Å². The van der Waals surface area contributed by atoms with Crippen molar-refractivity contribution in [2.24, 2.45) is 0 Å². The summed E-state index contributed by atoms with van der Waals surface area (Å²) >= 11 is 0. The van der Waals surface area contributed by atoms with Gasteiger partial charge in [0.05, 0.1) is 10.5 Å². The number of nitro groups is 1. The van der Waals surface area contributed by atoms with E-state index in [2.05, 4.69) is 0 Å². The first-order valence-electron chi connectivity index (χ1n) is 7.72. The van der Waals surface area contributed by atoms with Crippen LogP contribution in [0.5, 0.6) is 0 Å². The maximum absolute atomic E-state index is 11.4. The zero-order chi connectivity index (χ0) is 17.9. The Morgan fingerprint density at radius 2 is 1.12 bits per heavy atom. The maximum atomic E-state index is 11.4. The van der Waals surface area contributed by atoms with E-state index in [1.165, 1.54) is 0 Å². The van der Waals surface area contributed by atoms with E-state index in [0.29, 0.717) is 5.57 Å². The molecule has 24 heavy (non-hydrogen) atoms. The number of nitrogens with zero attached hydrogens (tertiary/aromatic N) is 3. The molecule has 5 heteroatoms. The van der Waals surface area contributed by atoms with Gasteiger partial charge in [-0.2, -0.15) is 0 Å². The zero-order valence-electron chi connectivity index (χ0n) is 14.8. The molecule has 0 aliphatic heterocycles. The molecular weight excluding hydrogens is 302 g/mol. The van der Waals surface area contributed by atoms with Gasteiger partial charge in [0, 0.05) is 46.5 Å². The van der Waals surface area contributed by atoms with Crippen molar-refractivity contribution < 1.29 is 4.92 Å². The number of hydrogen-bond acceptors (Lipinski definition) is 4. The van der Waals surface area contributed by atoms with Crippen LogP contribution in [0.4, 0.5) is 11.4 Å². The molecule has 5 nitrogen and oxygen atoms in total. The average Bonchev–Trinajstić information content (AvgIpc) is 2.55. The molecular formula is C19H23N3O2. The van der Waals surface area contributed by atoms with Crippen LogP contribution in [0.1, 0.15) is 18.1 Å². The quantitative estimate of drug-likeness (QED) is 0.618. The SMILES string of the molecule is CC(=C(c1ccc(N(C)C)cc1)c1ccc(N(C)C)cc1)[N+](=O)[O-]. The molecule has 0 fully saturated rings. The number of anilines is 2. The smallest absolute Gasteiger partial charge is 0.251 e. The van der Waals surface area contributed by atoms with Crippen molar-refractivity contribution in [1.29, 1.82) is 0 Å². The average molecular weight is 325 g/mol. The lowest BCUT2D eigenvalue weighted by Gasteiger charge is -2.15. The highest BCUT2D eigenvalue weighted by Gasteiger charge is 2.17. The molecule has 0 atom stereocenters. The van der Waals surface area contributed by atoms with Crippen LogP contribution >= 0.6 is 0 Å². The fourth-order valence-electron chi connectivity index (χ4n) is 2.53. The Labute approximate surface area is 143 Å². The second kappa shape index (κ2) is 7.17. The van der Waals surface area contributed by atoms with Crippen molar-refractivity contribution in [3.8, 4) is 0 Å². The lowest BCUT2D eigenvalue weighted by molar-refractivity contribution is -0.423. The number of allylic oxidation sites excluding steroid dienone is 1. The lowest BCUT2D eigenvalue weighted by Crippen LogP contribution is -2.09. The first-order chi connectivity index (χ1) is 11.3. The van der Waals surface area contributed by atoms with Crippen LogP contribution in [-0.2, 0) is 0 Å². The van der Waals surface area contributed by atoms with Crippen molar-refractivity contribution >= 4 is 16.9 Å². The van der Waals surface area contributed by atoms with Gasteiger partial charge in [-0.25, -0.2) is 0 Å². The maximum Gasteiger partial charge on any atom is 0.251 e. The summed E-state index contributed by atoms with van der Waals surface area (Å²) in [6, 6.07) is 15.6. The van der Waals surface area contributed by atoms with Gasteiger partial charge in [0.25, 0.3) is 5.70 Å². The third-order valence-electron chi connectivity index (χ3n) is 3.98. The van der Waals surface area contributed by atoms with E-state index in [1.807, 2.05) is 86.5 Å². The van der Waals surface area contributed by atoms with E-state index < -0.39 is 0 Å². The van der Waals surface area contributed by atoms with E-state index in [0.717, 1.165) is 22.5 Å². The van der Waals surface area contributed by atoms with Crippen LogP contribution < -0.4 is 9.80 Å². The van der Waals surface area contributed by atoms with Crippen LogP contribution in [0.3, 0.4) is 0 Å². The summed E-state index contributed by atoms with van der Waals surface area (Å²) in [7, 11) is 7.87. The fraction of sp³-hybridized carbons (Fsp3) is 0.263. The molecule has 2 rings (SSSR count).